The predicted octanol–water partition coefficient (Wildman–Crippen LogP) is 1.02. The number of likely N-dealkylation sites (N-methyl/N-ethyl adjacent to an activating group) is 1. The second kappa shape index (κ2) is 8.40. The summed E-state index contributed by atoms with van der Waals surface area (Å²) in [6.45, 7) is 1.00. The second-order valence-electron chi connectivity index (χ2n) is 7.04. The average Bonchev–Trinajstić information content (AvgIpc) is 3.33. The number of ketones is 1. The number of benzene rings is 1. The van der Waals surface area contributed by atoms with Gasteiger partial charge in [-0.15, -0.1) is 0 Å². The minimum Gasteiger partial charge on any atom is -0.503 e. The smallest absolute Gasteiger partial charge is 0.290 e. The lowest BCUT2D eigenvalue weighted by atomic mass is 9.94. The van der Waals surface area contributed by atoms with E-state index in [1.54, 1.807) is 24.3 Å². The summed E-state index contributed by atoms with van der Waals surface area (Å²) >= 11 is 0. The summed E-state index contributed by atoms with van der Waals surface area (Å²) in [6, 6.07) is 7.49. The molecule has 1 aliphatic heterocycles. The van der Waals surface area contributed by atoms with Crippen molar-refractivity contribution in [3.05, 3.63) is 59.3 Å². The van der Waals surface area contributed by atoms with E-state index in [4.69, 9.17) is 13.9 Å². The van der Waals surface area contributed by atoms with Crippen LogP contribution < -0.4 is 14.4 Å². The molecule has 1 amide bonds. The number of rotatable bonds is 8. The molecule has 1 aliphatic rings. The Kier molecular flexibility index (Phi) is 5.93. The van der Waals surface area contributed by atoms with E-state index in [1.165, 1.54) is 31.4 Å². The molecular formula is C21H25N2O6+. The zero-order chi connectivity index (χ0) is 21.1. The number of Topliss-reactive ketones (excluding diaryl/α,β-unsaturated/α-hetero) is 1. The quantitative estimate of drug-likeness (QED) is 0.642. The fourth-order valence-electron chi connectivity index (χ4n) is 3.37. The molecule has 1 atom stereocenters. The monoisotopic (exact) mass is 401 g/mol. The summed E-state index contributed by atoms with van der Waals surface area (Å²) in [5.74, 6) is -0.616. The van der Waals surface area contributed by atoms with Crippen LogP contribution in [0.1, 0.15) is 22.2 Å². The van der Waals surface area contributed by atoms with Gasteiger partial charge in [-0.3, -0.25) is 9.59 Å². The summed E-state index contributed by atoms with van der Waals surface area (Å²) in [4.78, 5) is 28.5. The maximum absolute atomic E-state index is 13.1. The number of amides is 1. The summed E-state index contributed by atoms with van der Waals surface area (Å²) in [7, 11) is 6.97. The molecule has 0 bridgehead atoms. The minimum atomic E-state index is -0.765. The van der Waals surface area contributed by atoms with Crippen molar-refractivity contribution in [3.8, 4) is 11.5 Å². The van der Waals surface area contributed by atoms with Crippen LogP contribution in [0.2, 0.25) is 0 Å². The third-order valence-electron chi connectivity index (χ3n) is 4.87. The molecule has 2 heterocycles. The number of carbonyl (C=O) groups excluding carboxylic acids is 2. The zero-order valence-electron chi connectivity index (χ0n) is 16.9. The average molecular weight is 401 g/mol. The van der Waals surface area contributed by atoms with Crippen LogP contribution in [0.25, 0.3) is 0 Å². The van der Waals surface area contributed by atoms with E-state index >= 15 is 0 Å². The predicted molar refractivity (Wildman–Crippen MR) is 104 cm³/mol. The van der Waals surface area contributed by atoms with Crippen molar-refractivity contribution in [1.29, 1.82) is 0 Å². The molecule has 1 aromatic carbocycles. The lowest BCUT2D eigenvalue weighted by Crippen LogP contribution is -3.06. The molecule has 0 aliphatic carbocycles. The van der Waals surface area contributed by atoms with Crippen molar-refractivity contribution in [1.82, 2.24) is 4.90 Å². The van der Waals surface area contributed by atoms with Crippen LogP contribution in [0.5, 0.6) is 11.5 Å². The molecular weight excluding hydrogens is 376 g/mol. The van der Waals surface area contributed by atoms with Crippen LogP contribution in [0.3, 0.4) is 0 Å². The van der Waals surface area contributed by atoms with Crippen LogP contribution in [0, 0.1) is 0 Å². The van der Waals surface area contributed by atoms with Crippen molar-refractivity contribution < 1.29 is 33.5 Å². The molecule has 2 aromatic rings. The SMILES string of the molecule is COc1ccc([C@@H]2C(C(=O)c3ccco3)=C(O)C(=O)N2CC[NH+](C)C)cc1OC. The van der Waals surface area contributed by atoms with Crippen molar-refractivity contribution in [2.75, 3.05) is 41.4 Å². The Labute approximate surface area is 168 Å². The summed E-state index contributed by atoms with van der Waals surface area (Å²) in [5, 5.41) is 10.6. The highest BCUT2D eigenvalue weighted by atomic mass is 16.5. The second-order valence-corrected chi connectivity index (χ2v) is 7.04. The Morgan fingerprint density at radius 2 is 1.93 bits per heavy atom. The van der Waals surface area contributed by atoms with Crippen molar-refractivity contribution >= 4 is 11.7 Å². The first kappa shape index (κ1) is 20.5. The van der Waals surface area contributed by atoms with Gasteiger partial charge in [0.15, 0.2) is 23.0 Å². The number of aliphatic hydroxyl groups excluding tert-OH is 1. The van der Waals surface area contributed by atoms with E-state index in [0.717, 1.165) is 4.90 Å². The van der Waals surface area contributed by atoms with Gasteiger partial charge in [0.1, 0.15) is 0 Å². The van der Waals surface area contributed by atoms with Crippen LogP contribution in [-0.2, 0) is 4.79 Å². The van der Waals surface area contributed by atoms with E-state index < -0.39 is 23.5 Å². The molecule has 0 saturated carbocycles. The normalized spacial score (nSPS) is 16.7. The topological polar surface area (TPSA) is 93.7 Å². The number of aliphatic hydroxyl groups is 1. The number of carbonyl (C=O) groups is 2. The first-order valence-electron chi connectivity index (χ1n) is 9.22. The summed E-state index contributed by atoms with van der Waals surface area (Å²) < 4.78 is 15.9. The van der Waals surface area contributed by atoms with Gasteiger partial charge in [0, 0.05) is 0 Å². The Hall–Kier alpha value is -3.26. The largest absolute Gasteiger partial charge is 0.503 e. The minimum absolute atomic E-state index is 0.00840. The Morgan fingerprint density at radius 3 is 2.52 bits per heavy atom. The highest BCUT2D eigenvalue weighted by Gasteiger charge is 2.44. The Balaban J connectivity index is 2.10. The first-order valence-corrected chi connectivity index (χ1v) is 9.22. The maximum Gasteiger partial charge on any atom is 0.290 e. The van der Waals surface area contributed by atoms with Gasteiger partial charge >= 0.3 is 0 Å². The fraction of sp³-hybridized carbons (Fsp3) is 0.333. The lowest BCUT2D eigenvalue weighted by Gasteiger charge is -2.27. The van der Waals surface area contributed by atoms with Gasteiger partial charge < -0.3 is 28.8 Å². The molecule has 29 heavy (non-hydrogen) atoms. The molecule has 0 fully saturated rings. The number of furan rings is 1. The van der Waals surface area contributed by atoms with Crippen molar-refractivity contribution in [2.45, 2.75) is 6.04 Å². The van der Waals surface area contributed by atoms with E-state index in [-0.39, 0.29) is 11.3 Å². The highest BCUT2D eigenvalue weighted by Crippen LogP contribution is 2.41. The number of hydrogen-bond acceptors (Lipinski definition) is 6. The summed E-state index contributed by atoms with van der Waals surface area (Å²) in [5.41, 5.74) is 0.620. The van der Waals surface area contributed by atoms with Gasteiger partial charge in [-0.1, -0.05) is 6.07 Å². The molecule has 8 nitrogen and oxygen atoms in total. The molecule has 0 saturated heterocycles. The van der Waals surface area contributed by atoms with E-state index in [0.29, 0.717) is 30.2 Å². The maximum atomic E-state index is 13.1. The number of methoxy groups -OCH3 is 2. The van der Waals surface area contributed by atoms with Gasteiger partial charge in [-0.25, -0.2) is 0 Å². The van der Waals surface area contributed by atoms with Gasteiger partial charge in [0.05, 0.1) is 59.3 Å². The first-order chi connectivity index (χ1) is 13.9. The molecule has 3 rings (SSSR count). The number of ether oxygens (including phenoxy) is 2. The molecule has 0 unspecified atom stereocenters. The third-order valence-corrected chi connectivity index (χ3v) is 4.87. The number of nitrogens with one attached hydrogen (secondary N) is 1. The third kappa shape index (κ3) is 3.84. The van der Waals surface area contributed by atoms with Crippen molar-refractivity contribution in [3.63, 3.8) is 0 Å². The van der Waals surface area contributed by atoms with Crippen LogP contribution in [0.4, 0.5) is 0 Å². The molecule has 0 spiro atoms. The van der Waals surface area contributed by atoms with Crippen LogP contribution >= 0.6 is 0 Å². The summed E-state index contributed by atoms with van der Waals surface area (Å²) in [6.07, 6.45) is 1.38. The fourth-order valence-corrected chi connectivity index (χ4v) is 3.37. The molecule has 2 N–H and O–H groups in total. The van der Waals surface area contributed by atoms with E-state index in [1.807, 2.05) is 14.1 Å². The van der Waals surface area contributed by atoms with E-state index in [2.05, 4.69) is 0 Å². The van der Waals surface area contributed by atoms with Crippen molar-refractivity contribution in [2.24, 2.45) is 0 Å². The zero-order valence-corrected chi connectivity index (χ0v) is 16.9. The lowest BCUT2D eigenvalue weighted by molar-refractivity contribution is -0.857. The molecule has 1 aromatic heterocycles. The number of nitrogens with zero attached hydrogens (tertiary/aromatic N) is 1. The van der Waals surface area contributed by atoms with Crippen LogP contribution in [0.15, 0.2) is 52.3 Å². The Bertz CT molecular complexity index is 933. The molecule has 0 radical (unpaired) electrons. The Morgan fingerprint density at radius 1 is 1.21 bits per heavy atom. The standard InChI is InChI=1S/C21H24N2O6/c1-22(2)9-10-23-18(13-7-8-14(27-3)16(12-13)28-4)17(20(25)21(23)26)19(24)15-6-5-11-29-15/h5-8,11-12,18,25H,9-10H2,1-4H3/p+1/t18-/m1/s1. The molecule has 8 heteroatoms. The number of hydrogen-bond donors (Lipinski definition) is 2. The van der Waals surface area contributed by atoms with Gasteiger partial charge in [0.25, 0.3) is 5.91 Å². The van der Waals surface area contributed by atoms with Gasteiger partial charge in [-0.2, -0.15) is 0 Å². The number of quaternary nitrogens is 1. The van der Waals surface area contributed by atoms with E-state index in [9.17, 15) is 14.7 Å². The van der Waals surface area contributed by atoms with Gasteiger partial charge in [-0.05, 0) is 29.8 Å². The highest BCUT2D eigenvalue weighted by molar-refractivity contribution is 6.15. The van der Waals surface area contributed by atoms with Gasteiger partial charge in [0.2, 0.25) is 5.78 Å². The van der Waals surface area contributed by atoms with Crippen LogP contribution in [-0.4, -0.2) is 63.1 Å². The molecule has 154 valence electrons.